The van der Waals surface area contributed by atoms with Crippen LogP contribution in [0.25, 0.3) is 0 Å². The van der Waals surface area contributed by atoms with E-state index < -0.39 is 20.0 Å². The van der Waals surface area contributed by atoms with Crippen molar-refractivity contribution >= 4 is 20.0 Å². The topological polar surface area (TPSA) is 83.6 Å². The van der Waals surface area contributed by atoms with Crippen LogP contribution in [0.3, 0.4) is 0 Å². The van der Waals surface area contributed by atoms with Gasteiger partial charge in [-0.05, 0) is 55.9 Å². The monoisotopic (exact) mass is 372 g/mol. The molecule has 0 radical (unpaired) electrons. The molecule has 0 aliphatic carbocycles. The zero-order valence-corrected chi connectivity index (χ0v) is 15.7. The molecular weight excluding hydrogens is 348 g/mol. The Labute approximate surface area is 144 Å². The number of piperidine rings is 1. The first-order chi connectivity index (χ1) is 11.1. The fraction of sp³-hybridized carbons (Fsp3) is 0.500. The lowest BCUT2D eigenvalue weighted by atomic mass is 10.0. The van der Waals surface area contributed by atoms with Crippen LogP contribution in [-0.4, -0.2) is 40.8 Å². The van der Waals surface area contributed by atoms with Crippen LogP contribution in [0.4, 0.5) is 0 Å². The fourth-order valence-electron chi connectivity index (χ4n) is 2.94. The summed E-state index contributed by atoms with van der Waals surface area (Å²) in [6.45, 7) is 7.98. The summed E-state index contributed by atoms with van der Waals surface area (Å²) >= 11 is 0. The van der Waals surface area contributed by atoms with E-state index in [4.69, 9.17) is 0 Å². The molecule has 0 bridgehead atoms. The maximum atomic E-state index is 12.9. The summed E-state index contributed by atoms with van der Waals surface area (Å²) < 4.78 is 52.5. The van der Waals surface area contributed by atoms with Gasteiger partial charge in [-0.15, -0.1) is 0 Å². The molecule has 0 aromatic heterocycles. The molecule has 134 valence electrons. The molecule has 1 atom stereocenters. The van der Waals surface area contributed by atoms with Crippen LogP contribution >= 0.6 is 0 Å². The zero-order valence-electron chi connectivity index (χ0n) is 14.0. The van der Waals surface area contributed by atoms with Gasteiger partial charge in [0.1, 0.15) is 0 Å². The van der Waals surface area contributed by atoms with Gasteiger partial charge in [0.25, 0.3) is 0 Å². The van der Waals surface area contributed by atoms with Crippen LogP contribution in [0.2, 0.25) is 0 Å². The lowest BCUT2D eigenvalue weighted by molar-refractivity contribution is 0.267. The smallest absolute Gasteiger partial charge is 0.211 e. The average molecular weight is 373 g/mol. The third-order valence-corrected chi connectivity index (χ3v) is 6.96. The summed E-state index contributed by atoms with van der Waals surface area (Å²) in [5.74, 6) is -0.0471. The Kier molecular flexibility index (Phi) is 5.85. The third-order valence-electron chi connectivity index (χ3n) is 4.11. The van der Waals surface area contributed by atoms with Crippen LogP contribution in [-0.2, 0) is 20.0 Å². The minimum absolute atomic E-state index is 0.0471. The molecule has 8 heteroatoms. The van der Waals surface area contributed by atoms with E-state index in [0.29, 0.717) is 24.4 Å². The Morgan fingerprint density at radius 2 is 1.83 bits per heavy atom. The van der Waals surface area contributed by atoms with Crippen molar-refractivity contribution in [3.8, 4) is 0 Å². The lowest BCUT2D eigenvalue weighted by Crippen LogP contribution is -2.43. The van der Waals surface area contributed by atoms with Gasteiger partial charge in [-0.2, -0.15) is 4.31 Å². The standard InChI is InChI=1S/C16H24N2O4S2/c1-4-23(19,20)17-11-15-6-5-7-18(12-15)24(21,22)16-9-13(2)8-14(3)10-16/h4,8-10,15,17H,1,5-7,11-12H2,2-3H3. The van der Waals surface area contributed by atoms with Gasteiger partial charge in [0.2, 0.25) is 20.0 Å². The minimum Gasteiger partial charge on any atom is -0.211 e. The van der Waals surface area contributed by atoms with Crippen LogP contribution in [0.15, 0.2) is 35.1 Å². The molecule has 1 N–H and O–H groups in total. The predicted molar refractivity (Wildman–Crippen MR) is 94.5 cm³/mol. The SMILES string of the molecule is C=CS(=O)(=O)NCC1CCCN(S(=O)(=O)c2cc(C)cc(C)c2)C1. The van der Waals surface area contributed by atoms with E-state index in [9.17, 15) is 16.8 Å². The molecule has 0 spiro atoms. The second-order valence-electron chi connectivity index (χ2n) is 6.25. The van der Waals surface area contributed by atoms with Gasteiger partial charge in [0.05, 0.1) is 4.90 Å². The lowest BCUT2D eigenvalue weighted by Gasteiger charge is -2.32. The van der Waals surface area contributed by atoms with Crippen molar-refractivity contribution in [2.45, 2.75) is 31.6 Å². The van der Waals surface area contributed by atoms with Crippen LogP contribution in [0.1, 0.15) is 24.0 Å². The quantitative estimate of drug-likeness (QED) is 0.825. The molecule has 0 saturated carbocycles. The maximum Gasteiger partial charge on any atom is 0.243 e. The summed E-state index contributed by atoms with van der Waals surface area (Å²) in [5.41, 5.74) is 1.81. The zero-order chi connectivity index (χ0) is 18.0. The maximum absolute atomic E-state index is 12.9. The Hall–Kier alpha value is -1.22. The molecule has 2 rings (SSSR count). The van der Waals surface area contributed by atoms with Crippen molar-refractivity contribution in [3.05, 3.63) is 41.3 Å². The predicted octanol–water partition coefficient (Wildman–Crippen LogP) is 1.77. The van der Waals surface area contributed by atoms with Crippen molar-refractivity contribution in [1.82, 2.24) is 9.03 Å². The molecule has 1 unspecified atom stereocenters. The number of nitrogens with one attached hydrogen (secondary N) is 1. The molecule has 1 fully saturated rings. The van der Waals surface area contributed by atoms with Crippen LogP contribution < -0.4 is 4.72 Å². The van der Waals surface area contributed by atoms with E-state index >= 15 is 0 Å². The molecule has 24 heavy (non-hydrogen) atoms. The van der Waals surface area contributed by atoms with E-state index in [-0.39, 0.29) is 12.5 Å². The molecular formula is C16H24N2O4S2. The first kappa shape index (κ1) is 19.1. The van der Waals surface area contributed by atoms with Gasteiger partial charge in [-0.3, -0.25) is 0 Å². The number of aryl methyl sites for hydroxylation is 2. The molecule has 6 nitrogen and oxygen atoms in total. The van der Waals surface area contributed by atoms with E-state index in [0.717, 1.165) is 23.0 Å². The Morgan fingerprint density at radius 1 is 1.21 bits per heavy atom. The molecule has 0 amide bonds. The van der Waals surface area contributed by atoms with E-state index in [1.807, 2.05) is 19.9 Å². The van der Waals surface area contributed by atoms with E-state index in [1.165, 1.54) is 4.31 Å². The highest BCUT2D eigenvalue weighted by Gasteiger charge is 2.30. The highest BCUT2D eigenvalue weighted by molar-refractivity contribution is 7.92. The van der Waals surface area contributed by atoms with Crippen molar-refractivity contribution in [2.24, 2.45) is 5.92 Å². The van der Waals surface area contributed by atoms with E-state index in [2.05, 4.69) is 11.3 Å². The summed E-state index contributed by atoms with van der Waals surface area (Å²) in [5, 5.41) is 0.861. The largest absolute Gasteiger partial charge is 0.243 e. The Balaban J connectivity index is 2.14. The van der Waals surface area contributed by atoms with Crippen molar-refractivity contribution in [1.29, 1.82) is 0 Å². The highest BCUT2D eigenvalue weighted by Crippen LogP contribution is 2.25. The summed E-state index contributed by atoms with van der Waals surface area (Å²) in [4.78, 5) is 0.298. The average Bonchev–Trinajstić information content (AvgIpc) is 2.52. The van der Waals surface area contributed by atoms with Gasteiger partial charge in [-0.1, -0.05) is 12.6 Å². The second-order valence-corrected chi connectivity index (χ2v) is 9.90. The molecule has 1 aromatic carbocycles. The minimum atomic E-state index is -3.56. The molecule has 1 aliphatic heterocycles. The van der Waals surface area contributed by atoms with Crippen molar-refractivity contribution in [3.63, 3.8) is 0 Å². The van der Waals surface area contributed by atoms with Crippen LogP contribution in [0.5, 0.6) is 0 Å². The summed E-state index contributed by atoms with van der Waals surface area (Å²) in [7, 11) is -7.05. The first-order valence-electron chi connectivity index (χ1n) is 7.84. The number of sulfonamides is 2. The molecule has 1 aliphatic rings. The Morgan fingerprint density at radius 3 is 2.42 bits per heavy atom. The van der Waals surface area contributed by atoms with Gasteiger partial charge in [0.15, 0.2) is 0 Å². The van der Waals surface area contributed by atoms with Crippen LogP contribution in [0, 0.1) is 19.8 Å². The molecule has 1 heterocycles. The van der Waals surface area contributed by atoms with Crippen molar-refractivity contribution in [2.75, 3.05) is 19.6 Å². The number of hydrogen-bond acceptors (Lipinski definition) is 4. The van der Waals surface area contributed by atoms with Crippen molar-refractivity contribution < 1.29 is 16.8 Å². The number of nitrogens with zero attached hydrogens (tertiary/aromatic N) is 1. The number of rotatable bonds is 6. The highest BCUT2D eigenvalue weighted by atomic mass is 32.2. The summed E-state index contributed by atoms with van der Waals surface area (Å²) in [6, 6.07) is 5.28. The third kappa shape index (κ3) is 4.66. The molecule has 1 aromatic rings. The van der Waals surface area contributed by atoms with Gasteiger partial charge < -0.3 is 0 Å². The van der Waals surface area contributed by atoms with Gasteiger partial charge in [-0.25, -0.2) is 21.6 Å². The number of benzene rings is 1. The van der Waals surface area contributed by atoms with E-state index in [1.54, 1.807) is 12.1 Å². The molecule has 1 saturated heterocycles. The Bertz CT molecular complexity index is 796. The van der Waals surface area contributed by atoms with Gasteiger partial charge in [0, 0.05) is 25.0 Å². The fourth-order valence-corrected chi connectivity index (χ4v) is 5.27. The van der Waals surface area contributed by atoms with Gasteiger partial charge >= 0.3 is 0 Å². The normalized spacial score (nSPS) is 20.0. The number of hydrogen-bond donors (Lipinski definition) is 1. The first-order valence-corrected chi connectivity index (χ1v) is 10.8. The summed E-state index contributed by atoms with van der Waals surface area (Å²) in [6.07, 6.45) is 1.50. The second kappa shape index (κ2) is 7.35.